The van der Waals surface area contributed by atoms with Crippen molar-refractivity contribution in [1.82, 2.24) is 0 Å². The molecule has 0 amide bonds. The van der Waals surface area contributed by atoms with Crippen LogP contribution in [-0.4, -0.2) is 0 Å². The molecule has 3 aliphatic rings. The minimum Gasteiger partial charge on any atom is -0.0651 e. The molecule has 0 saturated heterocycles. The molecule has 3 aliphatic carbocycles. The molecule has 0 bridgehead atoms. The third kappa shape index (κ3) is 2.74. The Bertz CT molecular complexity index is 282. The minimum atomic E-state index is 0.980. The summed E-state index contributed by atoms with van der Waals surface area (Å²) < 4.78 is 0. The van der Waals surface area contributed by atoms with Gasteiger partial charge in [0.15, 0.2) is 0 Å². The third-order valence-corrected chi connectivity index (χ3v) is 7.19. The van der Waals surface area contributed by atoms with E-state index in [0.717, 1.165) is 35.5 Å². The molecule has 110 valence electrons. The summed E-state index contributed by atoms with van der Waals surface area (Å²) >= 11 is 0. The van der Waals surface area contributed by atoms with Crippen molar-refractivity contribution in [1.29, 1.82) is 0 Å². The Morgan fingerprint density at radius 1 is 0.737 bits per heavy atom. The van der Waals surface area contributed by atoms with Crippen molar-refractivity contribution in [2.45, 2.75) is 84.5 Å². The number of fused-ring (bicyclic) bond motifs is 1. The summed E-state index contributed by atoms with van der Waals surface area (Å²) in [4.78, 5) is 0. The molecule has 0 aromatic carbocycles. The summed E-state index contributed by atoms with van der Waals surface area (Å²) in [7, 11) is 0. The van der Waals surface area contributed by atoms with Crippen molar-refractivity contribution in [3.05, 3.63) is 0 Å². The smallest absolute Gasteiger partial charge is 0.0352 e. The number of hydrogen-bond donors (Lipinski definition) is 0. The van der Waals surface area contributed by atoms with E-state index in [2.05, 4.69) is 13.8 Å². The Labute approximate surface area is 120 Å². The standard InChI is InChI=1S/C19H34/c1-3-14(2)16-9-6-7-11-18(16)19-13-12-15-8-4-5-10-17(15)19/h14-19H,3-13H2,1-2H3. The van der Waals surface area contributed by atoms with Gasteiger partial charge in [0.2, 0.25) is 0 Å². The first-order chi connectivity index (χ1) is 9.31. The van der Waals surface area contributed by atoms with Crippen molar-refractivity contribution in [3.63, 3.8) is 0 Å². The number of hydrogen-bond acceptors (Lipinski definition) is 0. The first-order valence-electron chi connectivity index (χ1n) is 9.31. The zero-order valence-electron chi connectivity index (χ0n) is 13.2. The van der Waals surface area contributed by atoms with Crippen molar-refractivity contribution in [2.24, 2.45) is 35.5 Å². The Hall–Kier alpha value is 0. The van der Waals surface area contributed by atoms with Gasteiger partial charge in [0, 0.05) is 0 Å². The van der Waals surface area contributed by atoms with Gasteiger partial charge in [-0.3, -0.25) is 0 Å². The molecule has 6 atom stereocenters. The molecule has 0 heterocycles. The molecule has 0 nitrogen and oxygen atoms in total. The summed E-state index contributed by atoms with van der Waals surface area (Å²) in [6.45, 7) is 4.95. The van der Waals surface area contributed by atoms with E-state index in [0.29, 0.717) is 0 Å². The van der Waals surface area contributed by atoms with Crippen LogP contribution in [0.15, 0.2) is 0 Å². The fraction of sp³-hybridized carbons (Fsp3) is 1.00. The second-order valence-electron chi connectivity index (χ2n) is 7.95. The lowest BCUT2D eigenvalue weighted by molar-refractivity contribution is 0.0719. The van der Waals surface area contributed by atoms with Crippen LogP contribution >= 0.6 is 0 Å². The van der Waals surface area contributed by atoms with E-state index in [4.69, 9.17) is 0 Å². The molecule has 0 heteroatoms. The van der Waals surface area contributed by atoms with Gasteiger partial charge in [-0.2, -0.15) is 0 Å². The highest BCUT2D eigenvalue weighted by Crippen LogP contribution is 2.53. The van der Waals surface area contributed by atoms with Gasteiger partial charge < -0.3 is 0 Å². The third-order valence-electron chi connectivity index (χ3n) is 7.19. The van der Waals surface area contributed by atoms with E-state index in [9.17, 15) is 0 Å². The van der Waals surface area contributed by atoms with E-state index in [-0.39, 0.29) is 0 Å². The van der Waals surface area contributed by atoms with Crippen LogP contribution in [0.25, 0.3) is 0 Å². The van der Waals surface area contributed by atoms with Crippen molar-refractivity contribution < 1.29 is 0 Å². The maximum Gasteiger partial charge on any atom is -0.0352 e. The van der Waals surface area contributed by atoms with Gasteiger partial charge in [0.25, 0.3) is 0 Å². The van der Waals surface area contributed by atoms with Gasteiger partial charge in [-0.05, 0) is 67.6 Å². The summed E-state index contributed by atoms with van der Waals surface area (Å²) in [5.74, 6) is 6.57. The van der Waals surface area contributed by atoms with E-state index in [1.807, 2.05) is 0 Å². The number of rotatable bonds is 3. The molecule has 0 aromatic rings. The van der Waals surface area contributed by atoms with Crippen LogP contribution in [0.1, 0.15) is 84.5 Å². The second-order valence-corrected chi connectivity index (χ2v) is 7.95. The van der Waals surface area contributed by atoms with E-state index in [1.54, 1.807) is 44.9 Å². The molecule has 0 N–H and O–H groups in total. The fourth-order valence-electron chi connectivity index (χ4n) is 6.04. The SMILES string of the molecule is CCC(C)C1CCCCC1C1CCC2CCCCC21. The van der Waals surface area contributed by atoms with Crippen LogP contribution in [0.3, 0.4) is 0 Å². The van der Waals surface area contributed by atoms with E-state index >= 15 is 0 Å². The molecule has 19 heavy (non-hydrogen) atoms. The summed E-state index contributed by atoms with van der Waals surface area (Å²) in [6.07, 6.45) is 17.0. The quantitative estimate of drug-likeness (QED) is 0.580. The Balaban J connectivity index is 1.71. The summed E-state index contributed by atoms with van der Waals surface area (Å²) in [6, 6.07) is 0. The van der Waals surface area contributed by atoms with Crippen molar-refractivity contribution in [3.8, 4) is 0 Å². The topological polar surface area (TPSA) is 0 Å². The van der Waals surface area contributed by atoms with Crippen LogP contribution in [-0.2, 0) is 0 Å². The second kappa shape index (κ2) is 6.19. The average Bonchev–Trinajstić information content (AvgIpc) is 2.90. The highest BCUT2D eigenvalue weighted by Gasteiger charge is 2.44. The molecule has 3 fully saturated rings. The van der Waals surface area contributed by atoms with Crippen LogP contribution in [0.2, 0.25) is 0 Å². The van der Waals surface area contributed by atoms with Crippen LogP contribution in [0.4, 0.5) is 0 Å². The molecule has 6 unspecified atom stereocenters. The zero-order chi connectivity index (χ0) is 13.2. The molecular weight excluding hydrogens is 228 g/mol. The molecule has 0 radical (unpaired) electrons. The highest BCUT2D eigenvalue weighted by molar-refractivity contribution is 4.94. The van der Waals surface area contributed by atoms with Gasteiger partial charge in [-0.15, -0.1) is 0 Å². The largest absolute Gasteiger partial charge is 0.0651 e. The van der Waals surface area contributed by atoms with Gasteiger partial charge in [0.1, 0.15) is 0 Å². The Morgan fingerprint density at radius 2 is 1.42 bits per heavy atom. The zero-order valence-corrected chi connectivity index (χ0v) is 13.2. The van der Waals surface area contributed by atoms with Crippen molar-refractivity contribution in [2.75, 3.05) is 0 Å². The maximum absolute atomic E-state index is 2.54. The molecular formula is C19H34. The van der Waals surface area contributed by atoms with Crippen LogP contribution in [0.5, 0.6) is 0 Å². The first kappa shape index (κ1) is 14.0. The monoisotopic (exact) mass is 262 g/mol. The minimum absolute atomic E-state index is 0.980. The van der Waals surface area contributed by atoms with Crippen molar-refractivity contribution >= 4 is 0 Å². The van der Waals surface area contributed by atoms with Gasteiger partial charge >= 0.3 is 0 Å². The lowest BCUT2D eigenvalue weighted by Gasteiger charge is -2.42. The lowest BCUT2D eigenvalue weighted by atomic mass is 9.63. The predicted molar refractivity (Wildman–Crippen MR) is 83.1 cm³/mol. The lowest BCUT2D eigenvalue weighted by Crippen LogP contribution is -2.34. The van der Waals surface area contributed by atoms with E-state index < -0.39 is 0 Å². The van der Waals surface area contributed by atoms with Crippen LogP contribution < -0.4 is 0 Å². The first-order valence-corrected chi connectivity index (χ1v) is 9.31. The highest BCUT2D eigenvalue weighted by atomic mass is 14.5. The molecule has 0 spiro atoms. The van der Waals surface area contributed by atoms with Crippen LogP contribution in [0, 0.1) is 35.5 Å². The molecule has 3 saturated carbocycles. The predicted octanol–water partition coefficient (Wildman–Crippen LogP) is 6.06. The van der Waals surface area contributed by atoms with Gasteiger partial charge in [-0.1, -0.05) is 52.4 Å². The summed E-state index contributed by atoms with van der Waals surface area (Å²) in [5, 5.41) is 0. The Morgan fingerprint density at radius 3 is 2.21 bits per heavy atom. The fourth-order valence-corrected chi connectivity index (χ4v) is 6.04. The molecule has 0 aromatic heterocycles. The molecule has 0 aliphatic heterocycles. The maximum atomic E-state index is 2.54. The average molecular weight is 262 g/mol. The van der Waals surface area contributed by atoms with E-state index in [1.165, 1.54) is 25.7 Å². The summed E-state index contributed by atoms with van der Waals surface area (Å²) in [5.41, 5.74) is 0. The van der Waals surface area contributed by atoms with Gasteiger partial charge in [0.05, 0.1) is 0 Å². The Kier molecular flexibility index (Phi) is 4.54. The molecule has 3 rings (SSSR count). The normalized spacial score (nSPS) is 44.8. The van der Waals surface area contributed by atoms with Gasteiger partial charge in [-0.25, -0.2) is 0 Å².